The third-order valence-electron chi connectivity index (χ3n) is 1.63. The number of aromatic nitrogens is 2. The molecule has 1 aromatic rings. The molecule has 0 amide bonds. The maximum Gasteiger partial charge on any atom is 0.342 e. The topological polar surface area (TPSA) is 132 Å². The highest BCUT2D eigenvalue weighted by Gasteiger charge is 2.25. The number of nitrogen functional groups attached to an aromatic ring is 1. The molecule has 0 saturated carbocycles. The fourth-order valence-electron chi connectivity index (χ4n) is 0.997. The summed E-state index contributed by atoms with van der Waals surface area (Å²) in [5.41, 5.74) is 4.67. The Morgan fingerprint density at radius 3 is 2.38 bits per heavy atom. The fourth-order valence-corrected chi connectivity index (χ4v) is 1.80. The van der Waals surface area contributed by atoms with Crippen LogP contribution in [0.25, 0.3) is 0 Å². The van der Waals surface area contributed by atoms with Gasteiger partial charge in [0.1, 0.15) is 11.4 Å². The molecular formula is C7H9N3O5S. The second-order valence-electron chi connectivity index (χ2n) is 2.85. The first kappa shape index (κ1) is 12.2. The molecule has 1 rings (SSSR count). The largest absolute Gasteiger partial charge is 0.477 e. The number of nitrogens with zero attached hydrogens (tertiary/aromatic N) is 2. The van der Waals surface area contributed by atoms with E-state index in [1.54, 1.807) is 0 Å². The van der Waals surface area contributed by atoms with E-state index in [9.17, 15) is 13.2 Å². The van der Waals surface area contributed by atoms with E-state index in [0.717, 1.165) is 6.26 Å². The molecule has 0 spiro atoms. The number of anilines is 1. The van der Waals surface area contributed by atoms with Crippen molar-refractivity contribution in [1.82, 2.24) is 9.97 Å². The minimum Gasteiger partial charge on any atom is -0.477 e. The van der Waals surface area contributed by atoms with E-state index in [4.69, 9.17) is 10.8 Å². The summed E-state index contributed by atoms with van der Waals surface area (Å²) in [7, 11) is -2.62. The monoisotopic (exact) mass is 247 g/mol. The van der Waals surface area contributed by atoms with E-state index in [1.165, 1.54) is 7.11 Å². The van der Waals surface area contributed by atoms with Gasteiger partial charge in [0, 0.05) is 6.26 Å². The number of carboxylic acids is 1. The van der Waals surface area contributed by atoms with Crippen LogP contribution in [0.4, 0.5) is 5.82 Å². The van der Waals surface area contributed by atoms with Crippen molar-refractivity contribution in [2.24, 2.45) is 0 Å². The van der Waals surface area contributed by atoms with Crippen LogP contribution >= 0.6 is 0 Å². The number of carbonyl (C=O) groups is 1. The molecule has 0 radical (unpaired) electrons. The molecule has 0 aromatic carbocycles. The van der Waals surface area contributed by atoms with Crippen LogP contribution in [-0.4, -0.2) is 42.8 Å². The van der Waals surface area contributed by atoms with E-state index in [1.807, 2.05) is 0 Å². The Morgan fingerprint density at radius 2 is 2.00 bits per heavy atom. The summed E-state index contributed by atoms with van der Waals surface area (Å²) in [6.45, 7) is 0. The highest BCUT2D eigenvalue weighted by atomic mass is 32.2. The van der Waals surface area contributed by atoms with Crippen molar-refractivity contribution in [3.05, 3.63) is 5.56 Å². The summed E-state index contributed by atoms with van der Waals surface area (Å²) in [5, 5.41) is 8.15. The van der Waals surface area contributed by atoms with Crippen LogP contribution in [0.3, 0.4) is 0 Å². The summed E-state index contributed by atoms with van der Waals surface area (Å²) in [6, 6.07) is -0.303. The number of nitrogens with two attached hydrogens (primary N) is 1. The first-order valence-corrected chi connectivity index (χ1v) is 5.81. The van der Waals surface area contributed by atoms with Crippen LogP contribution in [0.1, 0.15) is 10.4 Å². The molecule has 8 nitrogen and oxygen atoms in total. The second-order valence-corrected chi connectivity index (χ2v) is 4.78. The lowest BCUT2D eigenvalue weighted by Crippen LogP contribution is -2.15. The zero-order valence-electron chi connectivity index (χ0n) is 8.46. The summed E-state index contributed by atoms with van der Waals surface area (Å²) < 4.78 is 27.2. The molecule has 0 aliphatic rings. The first-order valence-electron chi connectivity index (χ1n) is 3.92. The van der Waals surface area contributed by atoms with Gasteiger partial charge in [-0.3, -0.25) is 0 Å². The quantitative estimate of drug-likeness (QED) is 0.661. The lowest BCUT2D eigenvalue weighted by atomic mass is 10.3. The summed E-state index contributed by atoms with van der Waals surface area (Å²) in [5.74, 6) is -1.97. The van der Waals surface area contributed by atoms with Crippen molar-refractivity contribution >= 4 is 21.6 Å². The van der Waals surface area contributed by atoms with Crippen LogP contribution < -0.4 is 10.5 Å². The number of hydrogen-bond donors (Lipinski definition) is 2. The van der Waals surface area contributed by atoms with Gasteiger partial charge in [0.2, 0.25) is 0 Å². The van der Waals surface area contributed by atoms with Crippen molar-refractivity contribution in [3.8, 4) is 6.01 Å². The predicted molar refractivity (Wildman–Crippen MR) is 53.1 cm³/mol. The molecule has 0 aliphatic heterocycles. The van der Waals surface area contributed by atoms with E-state index >= 15 is 0 Å². The van der Waals surface area contributed by atoms with Crippen LogP contribution in [0.2, 0.25) is 0 Å². The van der Waals surface area contributed by atoms with Crippen LogP contribution in [0.15, 0.2) is 5.03 Å². The predicted octanol–water partition coefficient (Wildman–Crippen LogP) is -0.831. The standard InChI is InChI=1S/C7H9N3O5S/c1-15-7-9-4(8)3(6(11)12)5(10-7)16(2,13)14/h1-2H3,(H,11,12)(H2,8,9,10). The minimum absolute atomic E-state index is 0.303. The first-order chi connectivity index (χ1) is 7.27. The molecule has 1 aromatic heterocycles. The van der Waals surface area contributed by atoms with Gasteiger partial charge in [0.25, 0.3) is 0 Å². The van der Waals surface area contributed by atoms with Gasteiger partial charge in [-0.2, -0.15) is 9.97 Å². The zero-order valence-corrected chi connectivity index (χ0v) is 9.28. The number of ether oxygens (including phenoxy) is 1. The highest BCUT2D eigenvalue weighted by molar-refractivity contribution is 7.90. The Balaban J connectivity index is 3.67. The lowest BCUT2D eigenvalue weighted by molar-refractivity contribution is 0.0692. The van der Waals surface area contributed by atoms with Gasteiger partial charge in [0.05, 0.1) is 7.11 Å². The molecule has 0 unspecified atom stereocenters. The Labute approximate surface area is 91.0 Å². The van der Waals surface area contributed by atoms with E-state index in [2.05, 4.69) is 14.7 Å². The summed E-state index contributed by atoms with van der Waals surface area (Å²) in [4.78, 5) is 17.8. The number of rotatable bonds is 3. The Bertz CT molecular complexity index is 539. The molecule has 3 N–H and O–H groups in total. The smallest absolute Gasteiger partial charge is 0.342 e. The van der Waals surface area contributed by atoms with E-state index in [0.29, 0.717) is 0 Å². The molecule has 0 fully saturated rings. The maximum atomic E-state index is 11.3. The average Bonchev–Trinajstić information content (AvgIpc) is 2.14. The molecule has 1 heterocycles. The molecule has 0 aliphatic carbocycles. The number of hydrogen-bond acceptors (Lipinski definition) is 7. The third-order valence-corrected chi connectivity index (χ3v) is 2.63. The summed E-state index contributed by atoms with van der Waals surface area (Å²) in [6.07, 6.45) is 0.820. The second kappa shape index (κ2) is 3.93. The fraction of sp³-hybridized carbons (Fsp3) is 0.286. The van der Waals surface area contributed by atoms with Crippen molar-refractivity contribution in [1.29, 1.82) is 0 Å². The number of carboxylic acid groups (broad SMARTS) is 1. The molecule has 0 atom stereocenters. The Morgan fingerprint density at radius 1 is 1.44 bits per heavy atom. The molecule has 16 heavy (non-hydrogen) atoms. The molecule has 9 heteroatoms. The number of aromatic carboxylic acids is 1. The van der Waals surface area contributed by atoms with Crippen molar-refractivity contribution in [2.45, 2.75) is 5.03 Å². The molecule has 0 bridgehead atoms. The number of methoxy groups -OCH3 is 1. The van der Waals surface area contributed by atoms with Gasteiger partial charge >= 0.3 is 12.0 Å². The van der Waals surface area contributed by atoms with Crippen molar-refractivity contribution < 1.29 is 23.1 Å². The van der Waals surface area contributed by atoms with Gasteiger partial charge < -0.3 is 15.6 Å². The van der Waals surface area contributed by atoms with Crippen LogP contribution in [0.5, 0.6) is 6.01 Å². The normalized spacial score (nSPS) is 11.1. The van der Waals surface area contributed by atoms with Gasteiger partial charge in [-0.15, -0.1) is 0 Å². The minimum atomic E-state index is -3.83. The van der Waals surface area contributed by atoms with E-state index in [-0.39, 0.29) is 6.01 Å². The van der Waals surface area contributed by atoms with E-state index < -0.39 is 32.2 Å². The zero-order chi connectivity index (χ0) is 12.5. The Kier molecular flexibility index (Phi) is 2.99. The molecule has 0 saturated heterocycles. The van der Waals surface area contributed by atoms with Gasteiger partial charge in [-0.05, 0) is 0 Å². The Hall–Kier alpha value is -1.90. The highest BCUT2D eigenvalue weighted by Crippen LogP contribution is 2.21. The third kappa shape index (κ3) is 2.19. The van der Waals surface area contributed by atoms with Gasteiger partial charge in [0.15, 0.2) is 14.9 Å². The summed E-state index contributed by atoms with van der Waals surface area (Å²) >= 11 is 0. The van der Waals surface area contributed by atoms with Gasteiger partial charge in [-0.1, -0.05) is 0 Å². The van der Waals surface area contributed by atoms with Crippen LogP contribution in [0, 0.1) is 0 Å². The van der Waals surface area contributed by atoms with Crippen LogP contribution in [-0.2, 0) is 9.84 Å². The van der Waals surface area contributed by atoms with Gasteiger partial charge in [-0.25, -0.2) is 13.2 Å². The molecule has 88 valence electrons. The van der Waals surface area contributed by atoms with Crippen molar-refractivity contribution in [3.63, 3.8) is 0 Å². The maximum absolute atomic E-state index is 11.3. The SMILES string of the molecule is COc1nc(N)c(C(=O)O)c(S(C)(=O)=O)n1. The average molecular weight is 247 g/mol. The molecular weight excluding hydrogens is 238 g/mol. The lowest BCUT2D eigenvalue weighted by Gasteiger charge is -2.07. The van der Waals surface area contributed by atoms with Crippen molar-refractivity contribution in [2.75, 3.05) is 19.1 Å². The number of sulfone groups is 1.